The number of alkyl halides is 2. The van der Waals surface area contributed by atoms with Gasteiger partial charge in [-0.25, -0.2) is 8.78 Å². The van der Waals surface area contributed by atoms with Gasteiger partial charge in [0, 0.05) is 24.2 Å². The van der Waals surface area contributed by atoms with Crippen LogP contribution in [0.5, 0.6) is 0 Å². The zero-order valence-electron chi connectivity index (χ0n) is 11.4. The molecule has 2 N–H and O–H groups in total. The molecule has 0 bridgehead atoms. The predicted octanol–water partition coefficient (Wildman–Crippen LogP) is 3.50. The fourth-order valence-corrected chi connectivity index (χ4v) is 2.62. The highest BCUT2D eigenvalue weighted by atomic mass is 19.3. The highest BCUT2D eigenvalue weighted by molar-refractivity contribution is 5.27. The zero-order valence-corrected chi connectivity index (χ0v) is 11.4. The monoisotopic (exact) mass is 268 g/mol. The summed E-state index contributed by atoms with van der Waals surface area (Å²) in [5.74, 6) is 0. The lowest BCUT2D eigenvalue weighted by Crippen LogP contribution is -2.36. The maximum atomic E-state index is 12.8. The summed E-state index contributed by atoms with van der Waals surface area (Å²) >= 11 is 0. The summed E-state index contributed by atoms with van der Waals surface area (Å²) in [6.45, 7) is 3.59. The molecule has 1 aromatic carbocycles. The third kappa shape index (κ3) is 3.51. The summed E-state index contributed by atoms with van der Waals surface area (Å²) in [7, 11) is 0. The normalized spacial score (nSPS) is 17.2. The molecular weight excluding hydrogens is 246 g/mol. The number of hydrogen-bond acceptors (Lipinski definition) is 2. The van der Waals surface area contributed by atoms with Crippen molar-refractivity contribution in [3.63, 3.8) is 0 Å². The van der Waals surface area contributed by atoms with Crippen molar-refractivity contribution < 1.29 is 8.78 Å². The lowest BCUT2D eigenvalue weighted by atomic mass is 10.0. The largest absolute Gasteiger partial charge is 0.329 e. The molecule has 1 saturated carbocycles. The van der Waals surface area contributed by atoms with E-state index in [1.807, 2.05) is 6.07 Å². The van der Waals surface area contributed by atoms with Crippen molar-refractivity contribution in [3.8, 4) is 0 Å². The first-order valence-corrected chi connectivity index (χ1v) is 7.01. The first-order chi connectivity index (χ1) is 9.17. The van der Waals surface area contributed by atoms with E-state index in [0.717, 1.165) is 18.5 Å². The van der Waals surface area contributed by atoms with Gasteiger partial charge in [0.25, 0.3) is 6.43 Å². The second-order valence-corrected chi connectivity index (χ2v) is 5.19. The number of benzene rings is 1. The smallest absolute Gasteiger partial charge is 0.263 e. The third-order valence-corrected chi connectivity index (χ3v) is 3.67. The summed E-state index contributed by atoms with van der Waals surface area (Å²) in [6, 6.07) is 7.34. The van der Waals surface area contributed by atoms with Crippen molar-refractivity contribution in [2.45, 2.75) is 44.7 Å². The van der Waals surface area contributed by atoms with Crippen LogP contribution >= 0.6 is 0 Å². The van der Waals surface area contributed by atoms with Gasteiger partial charge in [-0.2, -0.15) is 0 Å². The Bertz CT molecular complexity index is 405. The van der Waals surface area contributed by atoms with Crippen LogP contribution in [0.25, 0.3) is 0 Å². The summed E-state index contributed by atoms with van der Waals surface area (Å²) in [5, 5.41) is 0. The molecule has 19 heavy (non-hydrogen) atoms. The Kier molecular flexibility index (Phi) is 4.88. The number of rotatable bonds is 7. The van der Waals surface area contributed by atoms with E-state index >= 15 is 0 Å². The van der Waals surface area contributed by atoms with E-state index in [4.69, 9.17) is 5.73 Å². The molecule has 0 amide bonds. The minimum absolute atomic E-state index is 0.0612. The first kappa shape index (κ1) is 14.4. The average molecular weight is 268 g/mol. The summed E-state index contributed by atoms with van der Waals surface area (Å²) < 4.78 is 25.6. The minimum Gasteiger partial charge on any atom is -0.329 e. The van der Waals surface area contributed by atoms with Crippen LogP contribution in [0.2, 0.25) is 0 Å². The Hall–Kier alpha value is -1.00. The summed E-state index contributed by atoms with van der Waals surface area (Å²) in [6.07, 6.45) is 1.04. The molecular formula is C15H22F2N2. The third-order valence-electron chi connectivity index (χ3n) is 3.67. The second kappa shape index (κ2) is 6.44. The summed E-state index contributed by atoms with van der Waals surface area (Å²) in [5.41, 5.74) is 6.90. The van der Waals surface area contributed by atoms with Crippen molar-refractivity contribution in [2.75, 3.05) is 13.1 Å². The van der Waals surface area contributed by atoms with E-state index in [9.17, 15) is 8.78 Å². The van der Waals surface area contributed by atoms with Crippen LogP contribution in [-0.2, 0) is 0 Å². The van der Waals surface area contributed by atoms with E-state index in [1.54, 1.807) is 12.1 Å². The van der Waals surface area contributed by atoms with Gasteiger partial charge < -0.3 is 5.73 Å². The Morgan fingerprint density at radius 3 is 2.53 bits per heavy atom. The fourth-order valence-electron chi connectivity index (χ4n) is 2.62. The van der Waals surface area contributed by atoms with Gasteiger partial charge in [0.15, 0.2) is 0 Å². The molecule has 1 aliphatic carbocycles. The maximum absolute atomic E-state index is 12.8. The standard InChI is InChI=1S/C15H22F2N2/c1-2-8-19(13-6-7-13)14(10-18)11-4-3-5-12(9-11)15(16)17/h3-5,9,13-15H,2,6-8,10,18H2,1H3. The van der Waals surface area contributed by atoms with Crippen molar-refractivity contribution in [1.29, 1.82) is 0 Å². The highest BCUT2D eigenvalue weighted by Gasteiger charge is 2.33. The Labute approximate surface area is 113 Å². The topological polar surface area (TPSA) is 29.3 Å². The minimum atomic E-state index is -2.42. The average Bonchev–Trinajstić information content (AvgIpc) is 3.23. The molecule has 1 unspecified atom stereocenters. The van der Waals surface area contributed by atoms with Crippen molar-refractivity contribution in [3.05, 3.63) is 35.4 Å². The number of nitrogens with two attached hydrogens (primary N) is 1. The van der Waals surface area contributed by atoms with Crippen LogP contribution in [0.1, 0.15) is 49.8 Å². The second-order valence-electron chi connectivity index (χ2n) is 5.19. The van der Waals surface area contributed by atoms with E-state index in [2.05, 4.69) is 11.8 Å². The molecule has 0 radical (unpaired) electrons. The molecule has 0 heterocycles. The summed E-state index contributed by atoms with van der Waals surface area (Å²) in [4.78, 5) is 2.38. The van der Waals surface area contributed by atoms with Gasteiger partial charge in [-0.05, 0) is 37.4 Å². The van der Waals surface area contributed by atoms with Crippen LogP contribution in [0, 0.1) is 0 Å². The quantitative estimate of drug-likeness (QED) is 0.820. The number of halogens is 2. The van der Waals surface area contributed by atoms with Gasteiger partial charge >= 0.3 is 0 Å². The molecule has 0 saturated heterocycles. The lowest BCUT2D eigenvalue weighted by molar-refractivity contribution is 0.150. The molecule has 106 valence electrons. The lowest BCUT2D eigenvalue weighted by Gasteiger charge is -2.31. The fraction of sp³-hybridized carbons (Fsp3) is 0.600. The van der Waals surface area contributed by atoms with Crippen molar-refractivity contribution in [1.82, 2.24) is 4.90 Å². The molecule has 1 aromatic rings. The SMILES string of the molecule is CCCN(C1CC1)C(CN)c1cccc(C(F)F)c1. The van der Waals surface area contributed by atoms with Crippen LogP contribution < -0.4 is 5.73 Å². The van der Waals surface area contributed by atoms with E-state index < -0.39 is 6.43 Å². The Balaban J connectivity index is 2.21. The van der Waals surface area contributed by atoms with Crippen LogP contribution in [-0.4, -0.2) is 24.0 Å². The highest BCUT2D eigenvalue weighted by Crippen LogP contribution is 2.35. The van der Waals surface area contributed by atoms with Gasteiger partial charge in [0.1, 0.15) is 0 Å². The van der Waals surface area contributed by atoms with E-state index in [0.29, 0.717) is 12.6 Å². The molecule has 2 rings (SSSR count). The molecule has 0 aliphatic heterocycles. The molecule has 0 aromatic heterocycles. The van der Waals surface area contributed by atoms with E-state index in [-0.39, 0.29) is 11.6 Å². The Morgan fingerprint density at radius 2 is 2.00 bits per heavy atom. The van der Waals surface area contributed by atoms with Gasteiger partial charge in [-0.3, -0.25) is 4.90 Å². The number of nitrogens with zero attached hydrogens (tertiary/aromatic N) is 1. The van der Waals surface area contributed by atoms with Gasteiger partial charge in [0.05, 0.1) is 0 Å². The molecule has 1 aliphatic rings. The molecule has 0 spiro atoms. The molecule has 1 fully saturated rings. The molecule has 2 nitrogen and oxygen atoms in total. The molecule has 4 heteroatoms. The van der Waals surface area contributed by atoms with Gasteiger partial charge in [-0.15, -0.1) is 0 Å². The van der Waals surface area contributed by atoms with Crippen LogP contribution in [0.4, 0.5) is 8.78 Å². The maximum Gasteiger partial charge on any atom is 0.263 e. The van der Waals surface area contributed by atoms with E-state index in [1.165, 1.54) is 18.9 Å². The molecule has 1 atom stereocenters. The number of hydrogen-bond donors (Lipinski definition) is 1. The van der Waals surface area contributed by atoms with Gasteiger partial charge in [0.2, 0.25) is 0 Å². The van der Waals surface area contributed by atoms with Crippen LogP contribution in [0.15, 0.2) is 24.3 Å². The van der Waals surface area contributed by atoms with Crippen LogP contribution in [0.3, 0.4) is 0 Å². The van der Waals surface area contributed by atoms with Crippen molar-refractivity contribution in [2.24, 2.45) is 5.73 Å². The predicted molar refractivity (Wildman–Crippen MR) is 73.2 cm³/mol. The first-order valence-electron chi connectivity index (χ1n) is 7.01. The zero-order chi connectivity index (χ0) is 13.8. The Morgan fingerprint density at radius 1 is 1.32 bits per heavy atom. The van der Waals surface area contributed by atoms with Gasteiger partial charge in [-0.1, -0.05) is 25.1 Å². The van der Waals surface area contributed by atoms with Crippen molar-refractivity contribution >= 4 is 0 Å².